The van der Waals surface area contributed by atoms with Crippen LogP contribution in [0.1, 0.15) is 45.4 Å². The number of hydrogen-bond acceptors (Lipinski definition) is 3. The molecule has 1 aliphatic heterocycles. The molecule has 3 nitrogen and oxygen atoms in total. The van der Waals surface area contributed by atoms with Gasteiger partial charge in [-0.2, -0.15) is 0 Å². The summed E-state index contributed by atoms with van der Waals surface area (Å²) in [5, 5.41) is 3.79. The molecule has 100 valence electrons. The molecule has 17 heavy (non-hydrogen) atoms. The zero-order valence-electron chi connectivity index (χ0n) is 11.5. The second-order valence-electron chi connectivity index (χ2n) is 6.61. The fourth-order valence-electron chi connectivity index (χ4n) is 3.05. The second kappa shape index (κ2) is 5.68. The van der Waals surface area contributed by atoms with Gasteiger partial charge in [0.15, 0.2) is 0 Å². The standard InChI is InChI=1S/C14H29N3/c1-14(7-9-17(2)10-8-14)11-16-13-5-3-12(15)4-6-13/h12-13,16H,3-11,15H2,1-2H3. The molecule has 1 aliphatic carbocycles. The molecule has 1 heterocycles. The lowest BCUT2D eigenvalue weighted by atomic mass is 9.80. The Labute approximate surface area is 106 Å². The Balaban J connectivity index is 1.70. The highest BCUT2D eigenvalue weighted by Crippen LogP contribution is 2.30. The van der Waals surface area contributed by atoms with Gasteiger partial charge in [0.2, 0.25) is 0 Å². The van der Waals surface area contributed by atoms with Crippen molar-refractivity contribution in [3.63, 3.8) is 0 Å². The molecule has 0 aromatic heterocycles. The van der Waals surface area contributed by atoms with Gasteiger partial charge in [0.1, 0.15) is 0 Å². The number of piperidine rings is 1. The van der Waals surface area contributed by atoms with Gasteiger partial charge in [-0.1, -0.05) is 6.92 Å². The Morgan fingerprint density at radius 2 is 1.76 bits per heavy atom. The van der Waals surface area contributed by atoms with Crippen molar-refractivity contribution >= 4 is 0 Å². The highest BCUT2D eigenvalue weighted by Gasteiger charge is 2.29. The van der Waals surface area contributed by atoms with Crippen molar-refractivity contribution in [1.29, 1.82) is 0 Å². The van der Waals surface area contributed by atoms with E-state index in [1.807, 2.05) is 0 Å². The van der Waals surface area contributed by atoms with Crippen LogP contribution in [0.2, 0.25) is 0 Å². The molecule has 0 radical (unpaired) electrons. The third-order valence-electron chi connectivity index (χ3n) is 4.78. The fourth-order valence-corrected chi connectivity index (χ4v) is 3.05. The van der Waals surface area contributed by atoms with Crippen LogP contribution in [0.25, 0.3) is 0 Å². The van der Waals surface area contributed by atoms with E-state index in [0.29, 0.717) is 11.5 Å². The molecule has 3 heteroatoms. The van der Waals surface area contributed by atoms with E-state index in [1.54, 1.807) is 0 Å². The molecule has 3 N–H and O–H groups in total. The van der Waals surface area contributed by atoms with Crippen LogP contribution >= 0.6 is 0 Å². The molecule has 0 aromatic carbocycles. The van der Waals surface area contributed by atoms with Crippen molar-refractivity contribution in [2.75, 3.05) is 26.7 Å². The Bertz CT molecular complexity index is 226. The van der Waals surface area contributed by atoms with Gasteiger partial charge < -0.3 is 16.0 Å². The van der Waals surface area contributed by atoms with E-state index in [4.69, 9.17) is 5.73 Å². The predicted molar refractivity (Wildman–Crippen MR) is 73.1 cm³/mol. The van der Waals surface area contributed by atoms with E-state index in [-0.39, 0.29) is 0 Å². The summed E-state index contributed by atoms with van der Waals surface area (Å²) in [6, 6.07) is 1.19. The average Bonchev–Trinajstić information content (AvgIpc) is 2.33. The van der Waals surface area contributed by atoms with E-state index in [0.717, 1.165) is 6.04 Å². The first kappa shape index (κ1) is 13.3. The Kier molecular flexibility index (Phi) is 4.45. The van der Waals surface area contributed by atoms with Gasteiger partial charge in [0, 0.05) is 18.6 Å². The van der Waals surface area contributed by atoms with Crippen molar-refractivity contribution in [3.8, 4) is 0 Å². The van der Waals surface area contributed by atoms with Crippen LogP contribution in [-0.4, -0.2) is 43.7 Å². The van der Waals surface area contributed by atoms with Gasteiger partial charge in [-0.25, -0.2) is 0 Å². The normalized spacial score (nSPS) is 34.8. The number of hydrogen-bond donors (Lipinski definition) is 2. The lowest BCUT2D eigenvalue weighted by Crippen LogP contribution is -2.46. The molecule has 2 aliphatic rings. The van der Waals surface area contributed by atoms with Gasteiger partial charge in [0.05, 0.1) is 0 Å². The molecule has 0 atom stereocenters. The number of nitrogens with one attached hydrogen (secondary N) is 1. The van der Waals surface area contributed by atoms with Gasteiger partial charge >= 0.3 is 0 Å². The van der Waals surface area contributed by atoms with Crippen LogP contribution in [-0.2, 0) is 0 Å². The summed E-state index contributed by atoms with van der Waals surface area (Å²) in [4.78, 5) is 2.45. The molecule has 2 rings (SSSR count). The summed E-state index contributed by atoms with van der Waals surface area (Å²) in [6.45, 7) is 6.16. The lowest BCUT2D eigenvalue weighted by molar-refractivity contribution is 0.130. The van der Waals surface area contributed by atoms with Crippen molar-refractivity contribution in [1.82, 2.24) is 10.2 Å². The van der Waals surface area contributed by atoms with Crippen LogP contribution in [0.3, 0.4) is 0 Å². The minimum atomic E-state index is 0.465. The van der Waals surface area contributed by atoms with E-state index in [2.05, 4.69) is 24.2 Å². The highest BCUT2D eigenvalue weighted by atomic mass is 15.1. The summed E-state index contributed by atoms with van der Waals surface area (Å²) in [5.41, 5.74) is 6.46. The first-order valence-corrected chi connectivity index (χ1v) is 7.25. The molecular formula is C14H29N3. The van der Waals surface area contributed by atoms with Crippen LogP contribution in [0.15, 0.2) is 0 Å². The maximum absolute atomic E-state index is 5.94. The summed E-state index contributed by atoms with van der Waals surface area (Å²) < 4.78 is 0. The van der Waals surface area contributed by atoms with Crippen LogP contribution in [0, 0.1) is 5.41 Å². The Morgan fingerprint density at radius 3 is 2.35 bits per heavy atom. The third-order valence-corrected chi connectivity index (χ3v) is 4.78. The van der Waals surface area contributed by atoms with Gasteiger partial charge in [-0.15, -0.1) is 0 Å². The average molecular weight is 239 g/mol. The smallest absolute Gasteiger partial charge is 0.00684 e. The summed E-state index contributed by atoms with van der Waals surface area (Å²) in [6.07, 6.45) is 7.63. The Morgan fingerprint density at radius 1 is 1.18 bits per heavy atom. The Hall–Kier alpha value is -0.120. The molecule has 0 amide bonds. The van der Waals surface area contributed by atoms with Crippen LogP contribution < -0.4 is 11.1 Å². The first-order valence-electron chi connectivity index (χ1n) is 7.25. The van der Waals surface area contributed by atoms with Gasteiger partial charge in [-0.05, 0) is 64.1 Å². The monoisotopic (exact) mass is 239 g/mol. The van der Waals surface area contributed by atoms with Crippen LogP contribution in [0.4, 0.5) is 0 Å². The number of likely N-dealkylation sites (tertiary alicyclic amines) is 1. The molecule has 2 fully saturated rings. The summed E-state index contributed by atoms with van der Waals surface area (Å²) >= 11 is 0. The summed E-state index contributed by atoms with van der Waals surface area (Å²) in [5.74, 6) is 0. The van der Waals surface area contributed by atoms with E-state index in [1.165, 1.54) is 58.2 Å². The minimum absolute atomic E-state index is 0.465. The quantitative estimate of drug-likeness (QED) is 0.785. The fraction of sp³-hybridized carbons (Fsp3) is 1.00. The molecule has 1 saturated heterocycles. The first-order chi connectivity index (χ1) is 8.07. The van der Waals surface area contributed by atoms with Gasteiger partial charge in [0.25, 0.3) is 0 Å². The third kappa shape index (κ3) is 3.94. The summed E-state index contributed by atoms with van der Waals surface area (Å²) in [7, 11) is 2.23. The zero-order chi connectivity index (χ0) is 12.3. The maximum Gasteiger partial charge on any atom is 0.00684 e. The van der Waals surface area contributed by atoms with Crippen molar-refractivity contribution in [2.45, 2.75) is 57.5 Å². The van der Waals surface area contributed by atoms with Crippen molar-refractivity contribution in [2.24, 2.45) is 11.1 Å². The van der Waals surface area contributed by atoms with Crippen LogP contribution in [0.5, 0.6) is 0 Å². The molecule has 0 unspecified atom stereocenters. The molecule has 0 spiro atoms. The highest BCUT2D eigenvalue weighted by molar-refractivity contribution is 4.86. The predicted octanol–water partition coefficient (Wildman–Crippen LogP) is 1.58. The molecule has 1 saturated carbocycles. The van der Waals surface area contributed by atoms with Crippen molar-refractivity contribution in [3.05, 3.63) is 0 Å². The lowest BCUT2D eigenvalue weighted by Gasteiger charge is -2.39. The van der Waals surface area contributed by atoms with E-state index < -0.39 is 0 Å². The van der Waals surface area contributed by atoms with Gasteiger partial charge in [-0.3, -0.25) is 0 Å². The maximum atomic E-state index is 5.94. The number of nitrogens with two attached hydrogens (primary N) is 1. The molecule has 0 aromatic rings. The van der Waals surface area contributed by atoms with E-state index >= 15 is 0 Å². The van der Waals surface area contributed by atoms with Crippen molar-refractivity contribution < 1.29 is 0 Å². The number of nitrogens with zero attached hydrogens (tertiary/aromatic N) is 1. The second-order valence-corrected chi connectivity index (χ2v) is 6.61. The molecular weight excluding hydrogens is 210 g/mol. The minimum Gasteiger partial charge on any atom is -0.328 e. The SMILES string of the molecule is CN1CCC(C)(CNC2CCC(N)CC2)CC1. The topological polar surface area (TPSA) is 41.3 Å². The zero-order valence-corrected chi connectivity index (χ0v) is 11.5. The van der Waals surface area contributed by atoms with E-state index in [9.17, 15) is 0 Å². The molecule has 0 bridgehead atoms. The largest absolute Gasteiger partial charge is 0.328 e. The number of rotatable bonds is 3.